The van der Waals surface area contributed by atoms with E-state index < -0.39 is 20.0 Å². The van der Waals surface area contributed by atoms with Crippen LogP contribution in [-0.2, 0) is 18.4 Å². The summed E-state index contributed by atoms with van der Waals surface area (Å²) in [6, 6.07) is -0.814. The molecule has 0 heterocycles. The van der Waals surface area contributed by atoms with Crippen molar-refractivity contribution in [2.45, 2.75) is 110 Å². The number of amides is 1. The summed E-state index contributed by atoms with van der Waals surface area (Å²) in [5.74, 6) is -0.197. The highest BCUT2D eigenvalue weighted by atomic mass is 31.2. The van der Waals surface area contributed by atoms with Gasteiger partial charge in [-0.2, -0.15) is 0 Å². The third kappa shape index (κ3) is 17.0. The van der Waals surface area contributed by atoms with Crippen molar-refractivity contribution in [2.24, 2.45) is 0 Å². The van der Waals surface area contributed by atoms with E-state index in [9.17, 15) is 19.4 Å². The van der Waals surface area contributed by atoms with Crippen LogP contribution in [0.2, 0.25) is 0 Å². The summed E-state index contributed by atoms with van der Waals surface area (Å²) in [6.07, 6.45) is 14.0. The van der Waals surface area contributed by atoms with E-state index >= 15 is 0 Å². The van der Waals surface area contributed by atoms with Gasteiger partial charge in [0.05, 0.1) is 25.4 Å². The maximum atomic E-state index is 12.3. The molecule has 8 heteroatoms. The fraction of sp³-hybridized carbons (Fsp3) is 0.864. The second-order valence-electron chi connectivity index (χ2n) is 7.70. The van der Waals surface area contributed by atoms with E-state index in [0.717, 1.165) is 57.8 Å². The number of hydrogen-bond donors (Lipinski definition) is 3. The van der Waals surface area contributed by atoms with Crippen molar-refractivity contribution < 1.29 is 28.4 Å². The highest BCUT2D eigenvalue weighted by Crippen LogP contribution is 2.43. The number of aliphatic hydroxyl groups excluding tert-OH is 1. The third-order valence-electron chi connectivity index (χ3n) is 4.70. The van der Waals surface area contributed by atoms with Gasteiger partial charge in [-0.05, 0) is 25.7 Å². The zero-order chi connectivity index (χ0) is 22.7. The molecule has 0 aromatic rings. The van der Waals surface area contributed by atoms with Crippen LogP contribution >= 0.6 is 7.82 Å². The van der Waals surface area contributed by atoms with Crippen molar-refractivity contribution in [3.05, 3.63) is 12.2 Å². The smallest absolute Gasteiger partial charge is 0.387 e. The van der Waals surface area contributed by atoms with Gasteiger partial charge in [-0.25, -0.2) is 4.57 Å². The van der Waals surface area contributed by atoms with Gasteiger partial charge in [0.2, 0.25) is 5.91 Å². The molecular formula is C22H44NO6P. The Balaban J connectivity index is 4.67. The van der Waals surface area contributed by atoms with Gasteiger partial charge in [-0.1, -0.05) is 77.9 Å². The van der Waals surface area contributed by atoms with Gasteiger partial charge in [0.1, 0.15) is 0 Å². The molecule has 0 fully saturated rings. The monoisotopic (exact) mass is 449 g/mol. The summed E-state index contributed by atoms with van der Waals surface area (Å²) in [5.41, 5.74) is 0. The molecule has 1 amide bonds. The molecule has 0 aliphatic rings. The summed E-state index contributed by atoms with van der Waals surface area (Å²) in [6.45, 7) is 5.91. The maximum absolute atomic E-state index is 12.3. The molecule has 0 bridgehead atoms. The Bertz CT molecular complexity index is 500. The molecule has 0 aromatic carbocycles. The fourth-order valence-electron chi connectivity index (χ4n) is 2.87. The molecule has 0 spiro atoms. The Morgan fingerprint density at radius 1 is 0.967 bits per heavy atom. The molecule has 0 radical (unpaired) electrons. The first-order valence-electron chi connectivity index (χ1n) is 11.6. The molecule has 0 aliphatic heterocycles. The lowest BCUT2D eigenvalue weighted by Gasteiger charge is -2.23. The van der Waals surface area contributed by atoms with Gasteiger partial charge in [-0.15, -0.1) is 0 Å². The molecular weight excluding hydrogens is 405 g/mol. The quantitative estimate of drug-likeness (QED) is 0.133. The number of carbonyl (C=O) groups is 1. The van der Waals surface area contributed by atoms with Crippen LogP contribution in [0.5, 0.6) is 0 Å². The topological polar surface area (TPSA) is 105 Å². The number of carbonyl (C=O) groups excluding carboxylic acids is 1. The SMILES string of the molecule is CCCCCC/C=C/C(O)C(COP(=O)(O)OCCC)NC(=O)CCCCCCC. The molecule has 7 nitrogen and oxygen atoms in total. The molecule has 30 heavy (non-hydrogen) atoms. The zero-order valence-electron chi connectivity index (χ0n) is 19.2. The van der Waals surface area contributed by atoms with E-state index in [4.69, 9.17) is 9.05 Å². The molecule has 0 aromatic heterocycles. The van der Waals surface area contributed by atoms with Crippen molar-refractivity contribution >= 4 is 13.7 Å². The fourth-order valence-corrected chi connectivity index (χ4v) is 3.71. The lowest BCUT2D eigenvalue weighted by Crippen LogP contribution is -2.45. The van der Waals surface area contributed by atoms with E-state index in [2.05, 4.69) is 19.2 Å². The minimum atomic E-state index is -4.21. The Hall–Kier alpha value is -0.720. The molecule has 3 atom stereocenters. The number of phosphoric ester groups is 1. The van der Waals surface area contributed by atoms with Crippen molar-refractivity contribution in [1.29, 1.82) is 0 Å². The van der Waals surface area contributed by atoms with E-state index in [-0.39, 0.29) is 19.1 Å². The van der Waals surface area contributed by atoms with E-state index in [0.29, 0.717) is 12.8 Å². The number of phosphoric acid groups is 1. The van der Waals surface area contributed by atoms with Crippen LogP contribution in [0.1, 0.15) is 97.8 Å². The lowest BCUT2D eigenvalue weighted by molar-refractivity contribution is -0.123. The second-order valence-corrected chi connectivity index (χ2v) is 9.16. The standard InChI is InChI=1S/C22H44NO6P/c1-4-7-9-11-13-14-16-21(24)20(19-29-30(26,27)28-18-6-3)23-22(25)17-15-12-10-8-5-2/h14,16,20-21,24H,4-13,15,17-19H2,1-3H3,(H,23,25)(H,26,27)/b16-14+. The third-order valence-corrected chi connectivity index (χ3v) is 5.68. The number of allylic oxidation sites excluding steroid dienone is 1. The molecule has 3 N–H and O–H groups in total. The van der Waals surface area contributed by atoms with Crippen molar-refractivity contribution in [2.75, 3.05) is 13.2 Å². The maximum Gasteiger partial charge on any atom is 0.472 e. The summed E-state index contributed by atoms with van der Waals surface area (Å²) in [5, 5.41) is 13.2. The van der Waals surface area contributed by atoms with Crippen molar-refractivity contribution in [3.8, 4) is 0 Å². The van der Waals surface area contributed by atoms with Crippen LogP contribution < -0.4 is 5.32 Å². The van der Waals surface area contributed by atoms with Gasteiger partial charge >= 0.3 is 7.82 Å². The van der Waals surface area contributed by atoms with Gasteiger partial charge in [-0.3, -0.25) is 13.8 Å². The summed E-state index contributed by atoms with van der Waals surface area (Å²) >= 11 is 0. The first-order valence-corrected chi connectivity index (χ1v) is 13.1. The number of aliphatic hydroxyl groups is 1. The van der Waals surface area contributed by atoms with E-state index in [1.54, 1.807) is 6.08 Å². The number of hydrogen-bond acceptors (Lipinski definition) is 5. The number of unbranched alkanes of at least 4 members (excludes halogenated alkanes) is 8. The van der Waals surface area contributed by atoms with E-state index in [1.165, 1.54) is 6.42 Å². The molecule has 0 aliphatic carbocycles. The van der Waals surface area contributed by atoms with Crippen LogP contribution in [0.15, 0.2) is 12.2 Å². The largest absolute Gasteiger partial charge is 0.472 e. The van der Waals surface area contributed by atoms with Crippen LogP contribution in [0.4, 0.5) is 0 Å². The number of nitrogens with one attached hydrogen (secondary N) is 1. The Morgan fingerprint density at radius 3 is 2.23 bits per heavy atom. The van der Waals surface area contributed by atoms with Crippen LogP contribution in [0.3, 0.4) is 0 Å². The molecule has 0 saturated carbocycles. The Morgan fingerprint density at radius 2 is 1.60 bits per heavy atom. The van der Waals surface area contributed by atoms with Gasteiger partial charge in [0.15, 0.2) is 0 Å². The summed E-state index contributed by atoms with van der Waals surface area (Å²) < 4.78 is 21.8. The highest BCUT2D eigenvalue weighted by molar-refractivity contribution is 7.47. The number of rotatable bonds is 20. The first-order chi connectivity index (χ1) is 14.4. The Labute approximate surface area is 183 Å². The molecule has 178 valence electrons. The zero-order valence-corrected chi connectivity index (χ0v) is 20.1. The minimum absolute atomic E-state index is 0.1000. The van der Waals surface area contributed by atoms with Gasteiger partial charge in [0.25, 0.3) is 0 Å². The van der Waals surface area contributed by atoms with Gasteiger partial charge in [0, 0.05) is 6.42 Å². The first kappa shape index (κ1) is 29.3. The van der Waals surface area contributed by atoms with Crippen LogP contribution in [0, 0.1) is 0 Å². The average Bonchev–Trinajstić information content (AvgIpc) is 2.71. The predicted octanol–water partition coefficient (Wildman–Crippen LogP) is 5.26. The highest BCUT2D eigenvalue weighted by Gasteiger charge is 2.26. The summed E-state index contributed by atoms with van der Waals surface area (Å²) in [7, 11) is -4.21. The van der Waals surface area contributed by atoms with Crippen molar-refractivity contribution in [3.63, 3.8) is 0 Å². The average molecular weight is 450 g/mol. The van der Waals surface area contributed by atoms with Crippen LogP contribution in [0.25, 0.3) is 0 Å². The van der Waals surface area contributed by atoms with Crippen molar-refractivity contribution in [1.82, 2.24) is 5.32 Å². The van der Waals surface area contributed by atoms with Crippen LogP contribution in [-0.4, -0.2) is 41.3 Å². The minimum Gasteiger partial charge on any atom is -0.387 e. The molecule has 0 saturated heterocycles. The molecule has 3 unspecified atom stereocenters. The second kappa shape index (κ2) is 19.0. The Kier molecular flexibility index (Phi) is 18.5. The molecule has 0 rings (SSSR count). The van der Waals surface area contributed by atoms with E-state index in [1.807, 2.05) is 13.0 Å². The van der Waals surface area contributed by atoms with Gasteiger partial charge < -0.3 is 15.3 Å². The normalized spacial score (nSPS) is 15.8. The predicted molar refractivity (Wildman–Crippen MR) is 121 cm³/mol. The lowest BCUT2D eigenvalue weighted by atomic mass is 10.1. The summed E-state index contributed by atoms with van der Waals surface area (Å²) in [4.78, 5) is 22.0.